The number of phenolic OH excluding ortho intramolecular Hbond substituents is 1. The van der Waals surface area contributed by atoms with Crippen LogP contribution in [0.25, 0.3) is 0 Å². The summed E-state index contributed by atoms with van der Waals surface area (Å²) in [6.45, 7) is 2.15. The molecule has 0 heterocycles. The van der Waals surface area contributed by atoms with Crippen LogP contribution in [0.2, 0.25) is 0 Å². The Hall–Kier alpha value is 0.656. The van der Waals surface area contributed by atoms with Gasteiger partial charge in [0.05, 0.1) is 0 Å². The number of phenols is 1. The van der Waals surface area contributed by atoms with Crippen molar-refractivity contribution in [3.8, 4) is 5.75 Å². The maximum Gasteiger partial charge on any atom is 1.00 e. The van der Waals surface area contributed by atoms with Crippen LogP contribution in [0.15, 0.2) is 24.3 Å². The van der Waals surface area contributed by atoms with Crippen molar-refractivity contribution in [1.82, 2.24) is 0 Å². The molecule has 1 nitrogen and oxygen atoms in total. The van der Waals surface area contributed by atoms with Crippen LogP contribution in [0.4, 0.5) is 0 Å². The predicted molar refractivity (Wildman–Crippen MR) is 47.8 cm³/mol. The molecule has 0 spiro atoms. The molecule has 0 saturated carbocycles. The first-order chi connectivity index (χ1) is 5.34. The second-order valence-corrected chi connectivity index (χ2v) is 2.73. The predicted octanol–water partition coefficient (Wildman–Crippen LogP) is -0.149. The van der Waals surface area contributed by atoms with Gasteiger partial charge in [-0.05, 0) is 24.5 Å². The van der Waals surface area contributed by atoms with Gasteiger partial charge in [-0.25, -0.2) is 0 Å². The van der Waals surface area contributed by atoms with Crippen LogP contribution in [0.5, 0.6) is 5.75 Å². The van der Waals surface area contributed by atoms with Crippen molar-refractivity contribution in [3.63, 3.8) is 0 Å². The summed E-state index contributed by atoms with van der Waals surface area (Å²) in [6.07, 6.45) is 3.31. The maximum atomic E-state index is 9.34. The van der Waals surface area contributed by atoms with Crippen molar-refractivity contribution in [2.45, 2.75) is 26.2 Å². The summed E-state index contributed by atoms with van der Waals surface area (Å²) in [5.41, 5.74) is 1.06. The van der Waals surface area contributed by atoms with E-state index >= 15 is 0 Å². The van der Waals surface area contributed by atoms with Crippen LogP contribution in [0, 0.1) is 0 Å². The molecule has 0 bridgehead atoms. The summed E-state index contributed by atoms with van der Waals surface area (Å²) in [5.74, 6) is 0.431. The molecule has 0 amide bonds. The summed E-state index contributed by atoms with van der Waals surface area (Å²) in [6, 6.07) is 7.53. The van der Waals surface area contributed by atoms with Gasteiger partial charge in [-0.2, -0.15) is 0 Å². The number of para-hydroxylation sites is 1. The first-order valence-electron chi connectivity index (χ1n) is 4.11. The summed E-state index contributed by atoms with van der Waals surface area (Å²) in [7, 11) is 0. The molecule has 12 heavy (non-hydrogen) atoms. The number of aryl methyl sites for hydroxylation is 1. The van der Waals surface area contributed by atoms with E-state index in [1.54, 1.807) is 6.07 Å². The number of aromatic hydroxyl groups is 1. The molecule has 0 radical (unpaired) electrons. The van der Waals surface area contributed by atoms with Gasteiger partial charge in [0, 0.05) is 0 Å². The molecular formula is C10H15KO. The van der Waals surface area contributed by atoms with Crippen molar-refractivity contribution in [1.29, 1.82) is 0 Å². The average Bonchev–Trinajstić information content (AvgIpc) is 2.03. The quantitative estimate of drug-likeness (QED) is 0.657. The molecule has 1 N–H and O–H groups in total. The zero-order valence-electron chi connectivity index (χ0n) is 8.88. The molecule has 0 saturated heterocycles. The van der Waals surface area contributed by atoms with E-state index in [1.807, 2.05) is 18.2 Å². The van der Waals surface area contributed by atoms with Crippen LogP contribution in [0.1, 0.15) is 26.8 Å². The molecule has 0 aliphatic heterocycles. The van der Waals surface area contributed by atoms with Crippen molar-refractivity contribution >= 4 is 0 Å². The average molecular weight is 190 g/mol. The van der Waals surface area contributed by atoms with Crippen LogP contribution in [0.3, 0.4) is 0 Å². The third-order valence-corrected chi connectivity index (χ3v) is 1.79. The second-order valence-electron chi connectivity index (χ2n) is 2.73. The monoisotopic (exact) mass is 190 g/mol. The van der Waals surface area contributed by atoms with Gasteiger partial charge in [-0.3, -0.25) is 0 Å². The van der Waals surface area contributed by atoms with Gasteiger partial charge in [-0.1, -0.05) is 31.5 Å². The van der Waals surface area contributed by atoms with E-state index < -0.39 is 0 Å². The Labute approximate surface area is 118 Å². The fourth-order valence-electron chi connectivity index (χ4n) is 1.09. The summed E-state index contributed by atoms with van der Waals surface area (Å²) in [4.78, 5) is 0. The van der Waals surface area contributed by atoms with Crippen LogP contribution < -0.4 is 51.4 Å². The molecule has 1 rings (SSSR count). The minimum Gasteiger partial charge on any atom is -1.00 e. The SMILES string of the molecule is CCCCc1ccccc1O.[H-].[K+]. The van der Waals surface area contributed by atoms with E-state index in [0.717, 1.165) is 18.4 Å². The topological polar surface area (TPSA) is 20.2 Å². The third kappa shape index (κ3) is 4.05. The Morgan fingerprint density at radius 2 is 2.00 bits per heavy atom. The van der Waals surface area contributed by atoms with E-state index in [0.29, 0.717) is 5.75 Å². The first kappa shape index (κ1) is 12.7. The fraction of sp³-hybridized carbons (Fsp3) is 0.400. The second kappa shape index (κ2) is 7.10. The molecule has 0 aliphatic carbocycles. The Bertz CT molecular complexity index is 228. The Kier molecular flexibility index (Phi) is 7.49. The van der Waals surface area contributed by atoms with Gasteiger partial charge < -0.3 is 6.53 Å². The van der Waals surface area contributed by atoms with E-state index in [2.05, 4.69) is 6.92 Å². The number of unbranched alkanes of at least 4 members (excludes halogenated alkanes) is 1. The van der Waals surface area contributed by atoms with E-state index in [-0.39, 0.29) is 52.8 Å². The van der Waals surface area contributed by atoms with Crippen molar-refractivity contribution in [2.75, 3.05) is 0 Å². The molecular weight excluding hydrogens is 175 g/mol. The van der Waals surface area contributed by atoms with Crippen molar-refractivity contribution in [3.05, 3.63) is 29.8 Å². The van der Waals surface area contributed by atoms with E-state index in [4.69, 9.17) is 0 Å². The molecule has 0 aromatic heterocycles. The zero-order chi connectivity index (χ0) is 8.10. The van der Waals surface area contributed by atoms with Gasteiger partial charge in [0.15, 0.2) is 0 Å². The van der Waals surface area contributed by atoms with Gasteiger partial charge in [-0.15, -0.1) is 0 Å². The number of rotatable bonds is 3. The number of hydrogen-bond acceptors (Lipinski definition) is 1. The molecule has 1 aromatic rings. The van der Waals surface area contributed by atoms with Gasteiger partial charge in [0.1, 0.15) is 5.75 Å². The van der Waals surface area contributed by atoms with Crippen LogP contribution in [-0.4, -0.2) is 5.11 Å². The van der Waals surface area contributed by atoms with Crippen LogP contribution >= 0.6 is 0 Å². The van der Waals surface area contributed by atoms with Gasteiger partial charge >= 0.3 is 51.4 Å². The Morgan fingerprint density at radius 1 is 1.33 bits per heavy atom. The smallest absolute Gasteiger partial charge is 1.00 e. The Morgan fingerprint density at radius 3 is 2.58 bits per heavy atom. The molecule has 0 atom stereocenters. The van der Waals surface area contributed by atoms with Crippen molar-refractivity contribution < 1.29 is 57.9 Å². The Balaban J connectivity index is 0. The maximum absolute atomic E-state index is 9.34. The minimum absolute atomic E-state index is 0. The normalized spacial score (nSPS) is 9.08. The molecule has 1 aromatic carbocycles. The minimum atomic E-state index is 0. The van der Waals surface area contributed by atoms with Crippen LogP contribution in [-0.2, 0) is 6.42 Å². The van der Waals surface area contributed by atoms with E-state index in [9.17, 15) is 5.11 Å². The van der Waals surface area contributed by atoms with Gasteiger partial charge in [0.2, 0.25) is 0 Å². The number of benzene rings is 1. The largest absolute Gasteiger partial charge is 1.00 e. The van der Waals surface area contributed by atoms with E-state index in [1.165, 1.54) is 6.42 Å². The molecule has 0 aliphatic rings. The molecule has 0 fully saturated rings. The standard InChI is InChI=1S/C10H14O.K.H/c1-2-3-6-9-7-4-5-8-10(9)11;;/h4-5,7-8,11H,2-3,6H2,1H3;;/q;+1;-1. The first-order valence-corrected chi connectivity index (χ1v) is 4.11. The molecule has 0 unspecified atom stereocenters. The summed E-state index contributed by atoms with van der Waals surface area (Å²) >= 11 is 0. The fourth-order valence-corrected chi connectivity index (χ4v) is 1.09. The van der Waals surface area contributed by atoms with Crippen molar-refractivity contribution in [2.24, 2.45) is 0 Å². The van der Waals surface area contributed by atoms with Gasteiger partial charge in [0.25, 0.3) is 0 Å². The molecule has 62 valence electrons. The third-order valence-electron chi connectivity index (χ3n) is 1.79. The molecule has 2 heteroatoms. The zero-order valence-corrected chi connectivity index (χ0v) is 11.0. The summed E-state index contributed by atoms with van der Waals surface area (Å²) in [5, 5.41) is 9.34. The summed E-state index contributed by atoms with van der Waals surface area (Å²) < 4.78 is 0. The number of hydrogen-bond donors (Lipinski definition) is 1.